The van der Waals surface area contributed by atoms with Crippen LogP contribution in [0.3, 0.4) is 0 Å². The zero-order valence-corrected chi connectivity index (χ0v) is 18.4. The van der Waals surface area contributed by atoms with Crippen molar-refractivity contribution in [2.75, 3.05) is 6.61 Å². The zero-order valence-electron chi connectivity index (χ0n) is 16.8. The fourth-order valence-corrected chi connectivity index (χ4v) is 4.89. The third-order valence-electron chi connectivity index (χ3n) is 5.04. The molecule has 4 rings (SSSR count). The molecule has 0 aliphatic carbocycles. The maximum absolute atomic E-state index is 10.6. The van der Waals surface area contributed by atoms with E-state index in [4.69, 9.17) is 21.3 Å². The van der Waals surface area contributed by atoms with E-state index in [0.29, 0.717) is 19.6 Å². The smallest absolute Gasteiger partial charge is 0.125 e. The van der Waals surface area contributed by atoms with E-state index in [1.807, 2.05) is 48.7 Å². The highest BCUT2D eigenvalue weighted by Crippen LogP contribution is 2.33. The van der Waals surface area contributed by atoms with Crippen molar-refractivity contribution in [1.29, 1.82) is 0 Å². The lowest BCUT2D eigenvalue weighted by Gasteiger charge is -2.07. The molecule has 2 aromatic carbocycles. The minimum absolute atomic E-state index is 0.519. The number of benzene rings is 2. The average Bonchev–Trinajstić information content (AvgIpc) is 3.36. The van der Waals surface area contributed by atoms with E-state index in [1.54, 1.807) is 11.3 Å². The molecule has 2 heterocycles. The summed E-state index contributed by atoms with van der Waals surface area (Å²) >= 11 is 8.05. The van der Waals surface area contributed by atoms with E-state index in [1.165, 1.54) is 4.88 Å². The quantitative estimate of drug-likeness (QED) is 0.292. The predicted octanol–water partition coefficient (Wildman–Crippen LogP) is 6.19. The van der Waals surface area contributed by atoms with Gasteiger partial charge in [-0.25, -0.2) is 4.98 Å². The maximum Gasteiger partial charge on any atom is 0.125 e. The van der Waals surface area contributed by atoms with Crippen molar-refractivity contribution in [3.8, 4) is 16.3 Å². The number of aryl methyl sites for hydroxylation is 2. The van der Waals surface area contributed by atoms with Crippen LogP contribution in [0.1, 0.15) is 23.9 Å². The van der Waals surface area contributed by atoms with Gasteiger partial charge in [0, 0.05) is 46.9 Å². The second kappa shape index (κ2) is 9.45. The van der Waals surface area contributed by atoms with Gasteiger partial charge >= 0.3 is 0 Å². The van der Waals surface area contributed by atoms with Crippen LogP contribution in [0.4, 0.5) is 0 Å². The van der Waals surface area contributed by atoms with Gasteiger partial charge in [-0.05, 0) is 36.8 Å². The summed E-state index contributed by atoms with van der Waals surface area (Å²) in [5.41, 5.74) is 3.18. The van der Waals surface area contributed by atoms with Crippen LogP contribution < -0.4 is 4.74 Å². The van der Waals surface area contributed by atoms with Crippen LogP contribution in [0, 0.1) is 0 Å². The van der Waals surface area contributed by atoms with E-state index in [-0.39, 0.29) is 0 Å². The van der Waals surface area contributed by atoms with Gasteiger partial charge in [-0.1, -0.05) is 36.7 Å². The number of rotatable bonds is 9. The summed E-state index contributed by atoms with van der Waals surface area (Å²) in [6.45, 7) is 3.41. The first kappa shape index (κ1) is 20.6. The normalized spacial score (nSPS) is 11.1. The van der Waals surface area contributed by atoms with Crippen molar-refractivity contribution < 1.29 is 9.53 Å². The summed E-state index contributed by atoms with van der Waals surface area (Å²) in [5, 5.41) is 2.80. The number of halogens is 1. The van der Waals surface area contributed by atoms with Gasteiger partial charge in [-0.15, -0.1) is 11.3 Å². The third kappa shape index (κ3) is 4.42. The molecule has 0 spiro atoms. The largest absolute Gasteiger partial charge is 0.493 e. The van der Waals surface area contributed by atoms with Crippen LogP contribution in [0.15, 0.2) is 54.7 Å². The molecular formula is C24H23ClN2O2S. The van der Waals surface area contributed by atoms with Crippen molar-refractivity contribution in [2.24, 2.45) is 0 Å². The molecule has 2 aromatic heterocycles. The molecule has 6 heteroatoms. The first-order chi connectivity index (χ1) is 14.7. The Morgan fingerprint density at radius 3 is 2.87 bits per heavy atom. The summed E-state index contributed by atoms with van der Waals surface area (Å²) in [4.78, 5) is 16.7. The molecule has 0 aliphatic rings. The molecule has 0 fully saturated rings. The minimum Gasteiger partial charge on any atom is -0.493 e. The van der Waals surface area contributed by atoms with Crippen LogP contribution in [0.2, 0.25) is 5.02 Å². The van der Waals surface area contributed by atoms with E-state index in [0.717, 1.165) is 57.1 Å². The van der Waals surface area contributed by atoms with Gasteiger partial charge in [0.05, 0.1) is 17.3 Å². The lowest BCUT2D eigenvalue weighted by molar-refractivity contribution is -0.108. The van der Waals surface area contributed by atoms with Gasteiger partial charge in [0.2, 0.25) is 0 Å². The van der Waals surface area contributed by atoms with Crippen LogP contribution >= 0.6 is 22.9 Å². The Labute approximate surface area is 185 Å². The van der Waals surface area contributed by atoms with Crippen LogP contribution in [0.5, 0.6) is 5.75 Å². The number of carbonyl (C=O) groups excluding carboxylic acids is 1. The molecule has 0 radical (unpaired) electrons. The molecule has 0 saturated carbocycles. The van der Waals surface area contributed by atoms with Gasteiger partial charge < -0.3 is 14.1 Å². The Morgan fingerprint density at radius 1 is 1.20 bits per heavy atom. The maximum atomic E-state index is 10.6. The highest BCUT2D eigenvalue weighted by molar-refractivity contribution is 7.15. The monoisotopic (exact) mass is 438 g/mol. The molecule has 4 nitrogen and oxygen atoms in total. The Balaban J connectivity index is 1.44. The molecule has 0 aliphatic heterocycles. The van der Waals surface area contributed by atoms with E-state index in [2.05, 4.69) is 17.6 Å². The van der Waals surface area contributed by atoms with Gasteiger partial charge in [0.15, 0.2) is 0 Å². The SMILES string of the molecule is CCc1sc(-c2ccccc2Cl)nc1CCOc1ccc2c(ccn2CCC=O)c1. The van der Waals surface area contributed by atoms with Crippen molar-refractivity contribution in [3.63, 3.8) is 0 Å². The molecule has 0 atom stereocenters. The molecule has 0 amide bonds. The summed E-state index contributed by atoms with van der Waals surface area (Å²) in [5.74, 6) is 0.843. The van der Waals surface area contributed by atoms with Gasteiger partial charge in [-0.2, -0.15) is 0 Å². The van der Waals surface area contributed by atoms with Crippen LogP contribution in [-0.4, -0.2) is 22.4 Å². The van der Waals surface area contributed by atoms with Crippen LogP contribution in [0.25, 0.3) is 21.5 Å². The zero-order chi connectivity index (χ0) is 20.9. The number of ether oxygens (including phenoxy) is 1. The Morgan fingerprint density at radius 2 is 2.07 bits per heavy atom. The second-order valence-corrected chi connectivity index (χ2v) is 8.50. The fourth-order valence-electron chi connectivity index (χ4n) is 3.53. The lowest BCUT2D eigenvalue weighted by Crippen LogP contribution is -2.03. The van der Waals surface area contributed by atoms with Crippen molar-refractivity contribution in [1.82, 2.24) is 9.55 Å². The Bertz CT molecular complexity index is 1170. The van der Waals surface area contributed by atoms with Crippen LogP contribution in [-0.2, 0) is 24.2 Å². The summed E-state index contributed by atoms with van der Waals surface area (Å²) in [7, 11) is 0. The molecule has 30 heavy (non-hydrogen) atoms. The van der Waals surface area contributed by atoms with Gasteiger partial charge in [0.25, 0.3) is 0 Å². The topological polar surface area (TPSA) is 44.1 Å². The average molecular weight is 439 g/mol. The second-order valence-electron chi connectivity index (χ2n) is 7.01. The first-order valence-corrected chi connectivity index (χ1v) is 11.3. The van der Waals surface area contributed by atoms with E-state index >= 15 is 0 Å². The van der Waals surface area contributed by atoms with E-state index in [9.17, 15) is 4.79 Å². The number of aromatic nitrogens is 2. The van der Waals surface area contributed by atoms with Gasteiger partial charge in [-0.3, -0.25) is 0 Å². The fraction of sp³-hybridized carbons (Fsp3) is 0.250. The Kier molecular flexibility index (Phi) is 6.50. The lowest BCUT2D eigenvalue weighted by atomic mass is 10.2. The van der Waals surface area contributed by atoms with Gasteiger partial charge in [0.1, 0.15) is 17.0 Å². The highest BCUT2D eigenvalue weighted by Gasteiger charge is 2.13. The van der Waals surface area contributed by atoms with Crippen molar-refractivity contribution in [2.45, 2.75) is 32.7 Å². The number of thiazole rings is 1. The number of fused-ring (bicyclic) bond motifs is 1. The summed E-state index contributed by atoms with van der Waals surface area (Å²) in [6, 6.07) is 16.0. The number of hydrogen-bond acceptors (Lipinski definition) is 4. The standard InChI is InChI=1S/C24H23ClN2O2S/c1-2-23-21(26-24(30-23)19-6-3-4-7-20(19)25)11-15-29-18-8-9-22-17(16-18)10-13-27(22)12-5-14-28/h3-4,6-10,13-14,16H,2,5,11-12,15H2,1H3. The predicted molar refractivity (Wildman–Crippen MR) is 124 cm³/mol. The first-order valence-electron chi connectivity index (χ1n) is 10.1. The third-order valence-corrected chi connectivity index (χ3v) is 6.65. The van der Waals surface area contributed by atoms with Crippen molar-refractivity contribution in [3.05, 3.63) is 70.3 Å². The molecule has 0 saturated heterocycles. The Hall–Kier alpha value is -2.63. The molecular weight excluding hydrogens is 416 g/mol. The summed E-state index contributed by atoms with van der Waals surface area (Å²) in [6.07, 6.45) is 5.17. The number of nitrogens with zero attached hydrogens (tertiary/aromatic N) is 2. The number of hydrogen-bond donors (Lipinski definition) is 0. The number of carbonyl (C=O) groups is 1. The van der Waals surface area contributed by atoms with E-state index < -0.39 is 0 Å². The molecule has 0 bridgehead atoms. The minimum atomic E-state index is 0.519. The molecule has 0 unspecified atom stereocenters. The number of aldehydes is 1. The summed E-state index contributed by atoms with van der Waals surface area (Å²) < 4.78 is 8.11. The molecule has 4 aromatic rings. The highest BCUT2D eigenvalue weighted by atomic mass is 35.5. The molecule has 0 N–H and O–H groups in total. The molecule has 154 valence electrons. The van der Waals surface area contributed by atoms with Crippen molar-refractivity contribution >= 4 is 40.1 Å².